The van der Waals surface area contributed by atoms with Crippen LogP contribution in [0.1, 0.15) is 6.42 Å². The van der Waals surface area contributed by atoms with Crippen molar-refractivity contribution in [1.82, 2.24) is 0 Å². The minimum absolute atomic E-state index is 0.0408. The van der Waals surface area contributed by atoms with Crippen molar-refractivity contribution in [1.29, 1.82) is 0 Å². The van der Waals surface area contributed by atoms with Gasteiger partial charge in [0.2, 0.25) is 0 Å². The van der Waals surface area contributed by atoms with Gasteiger partial charge in [0.25, 0.3) is 0 Å². The summed E-state index contributed by atoms with van der Waals surface area (Å²) in [5.74, 6) is -52.0. The molecule has 0 saturated heterocycles. The van der Waals surface area contributed by atoms with Crippen molar-refractivity contribution in [2.24, 2.45) is 0 Å². The SMILES string of the molecule is O=S(=O)(O)C(F)(F)C(F)(F)C(F)(F)C(F)(F)C(F)(F)C(F)(F)C(F)(F)C(F)(F)F.[CH3][Zr][C]1=CC=CC1. The fourth-order valence-corrected chi connectivity index (χ4v) is 3.83. The van der Waals surface area contributed by atoms with Crippen LogP contribution in [0.3, 0.4) is 0 Å². The van der Waals surface area contributed by atoms with Gasteiger partial charge in [-0.3, -0.25) is 4.55 Å². The second-order valence-corrected chi connectivity index (χ2v) is 10.8. The first-order chi connectivity index (χ1) is 15.4. The van der Waals surface area contributed by atoms with Crippen molar-refractivity contribution in [3.05, 3.63) is 21.5 Å². The van der Waals surface area contributed by atoms with Gasteiger partial charge in [0, 0.05) is 0 Å². The van der Waals surface area contributed by atoms with Crippen LogP contribution in [0.25, 0.3) is 0 Å². The first-order valence-electron chi connectivity index (χ1n) is 8.15. The summed E-state index contributed by atoms with van der Waals surface area (Å²) in [6.45, 7) is 0. The van der Waals surface area contributed by atoms with Gasteiger partial charge in [0.15, 0.2) is 0 Å². The molecule has 0 aromatic carbocycles. The monoisotopic (exact) mass is 670 g/mol. The van der Waals surface area contributed by atoms with E-state index in [0.717, 1.165) is 0 Å². The van der Waals surface area contributed by atoms with E-state index in [9.17, 15) is 83.1 Å². The van der Waals surface area contributed by atoms with Gasteiger partial charge in [-0.25, -0.2) is 0 Å². The molecule has 0 bridgehead atoms. The molecule has 3 nitrogen and oxygen atoms in total. The summed E-state index contributed by atoms with van der Waals surface area (Å²) in [5, 5.41) is -7.84. The van der Waals surface area contributed by atoms with Crippen LogP contribution in [0, 0.1) is 0 Å². The molecule has 0 fully saturated rings. The zero-order valence-electron chi connectivity index (χ0n) is 16.5. The van der Waals surface area contributed by atoms with Crippen molar-refractivity contribution >= 4 is 10.1 Å². The number of hydrogen-bond acceptors (Lipinski definition) is 2. The Balaban J connectivity index is 0.00000148. The van der Waals surface area contributed by atoms with Crippen LogP contribution in [0.4, 0.5) is 74.6 Å². The number of hydrogen-bond donors (Lipinski definition) is 1. The Morgan fingerprint density at radius 1 is 0.667 bits per heavy atom. The predicted molar refractivity (Wildman–Crippen MR) is 79.9 cm³/mol. The molecule has 1 aliphatic rings. The molecule has 0 aliphatic heterocycles. The standard InChI is InChI=1S/C8HF17O3S.C5H5.CH3.Zr/c9-1(10,3(13,14)5(17,18)7(21,22)23)2(11,12)4(15,16)6(19,20)8(24,25)29(26,27)28;1-2-4-5-3-1;;/h(H,26,27,28);1-3H,4H2;1H3;. The summed E-state index contributed by atoms with van der Waals surface area (Å²) in [6, 6.07) is 0. The van der Waals surface area contributed by atoms with Crippen LogP contribution in [-0.4, -0.2) is 59.9 Å². The molecule has 22 heteroatoms. The van der Waals surface area contributed by atoms with Gasteiger partial charge in [-0.15, -0.1) is 0 Å². The van der Waals surface area contributed by atoms with E-state index in [1.54, 1.807) is 3.28 Å². The predicted octanol–water partition coefficient (Wildman–Crippen LogP) is 6.80. The molecule has 1 N–H and O–H groups in total. The van der Waals surface area contributed by atoms with E-state index in [0.29, 0.717) is 0 Å². The summed E-state index contributed by atoms with van der Waals surface area (Å²) >= 11 is -0.0408. The van der Waals surface area contributed by atoms with E-state index in [2.05, 4.69) is 22.9 Å². The van der Waals surface area contributed by atoms with Crippen LogP contribution in [-0.2, 0) is 33.4 Å². The molecule has 0 atom stereocenters. The summed E-state index contributed by atoms with van der Waals surface area (Å²) < 4.78 is 247. The van der Waals surface area contributed by atoms with Gasteiger partial charge in [-0.2, -0.15) is 83.1 Å². The Morgan fingerprint density at radius 3 is 1.22 bits per heavy atom. The Labute approximate surface area is 200 Å². The second-order valence-electron chi connectivity index (χ2n) is 6.51. The molecule has 0 aromatic heterocycles. The molecule has 0 unspecified atom stereocenters. The van der Waals surface area contributed by atoms with E-state index in [1.165, 1.54) is 6.42 Å². The van der Waals surface area contributed by atoms with Crippen molar-refractivity contribution < 1.29 is 111 Å². The Hall–Kier alpha value is -0.917. The van der Waals surface area contributed by atoms with Crippen molar-refractivity contribution in [2.45, 2.75) is 58.0 Å². The van der Waals surface area contributed by atoms with Gasteiger partial charge < -0.3 is 0 Å². The van der Waals surface area contributed by atoms with Gasteiger partial charge >= 0.3 is 113 Å². The van der Waals surface area contributed by atoms with E-state index in [4.69, 9.17) is 4.55 Å². The Morgan fingerprint density at radius 2 is 1.00 bits per heavy atom. The van der Waals surface area contributed by atoms with Crippen molar-refractivity contribution in [3.8, 4) is 0 Å². The second kappa shape index (κ2) is 10.00. The topological polar surface area (TPSA) is 54.4 Å². The van der Waals surface area contributed by atoms with Gasteiger partial charge in [-0.05, 0) is 0 Å². The molecule has 0 heterocycles. The molecule has 0 radical (unpaired) electrons. The normalized spacial score (nSPS) is 16.9. The molecular weight excluding hydrogens is 662 g/mol. The third kappa shape index (κ3) is 5.31. The number of alkyl halides is 17. The molecule has 0 spiro atoms. The Bertz CT molecular complexity index is 966. The van der Waals surface area contributed by atoms with Crippen LogP contribution < -0.4 is 0 Å². The zero-order chi connectivity index (χ0) is 29.6. The number of allylic oxidation sites excluding steroid dienone is 4. The van der Waals surface area contributed by atoms with Gasteiger partial charge in [-0.1, -0.05) is 0 Å². The molecule has 0 saturated carbocycles. The Kier molecular flexibility index (Phi) is 9.74. The fourth-order valence-electron chi connectivity index (χ4n) is 1.94. The molecular formula is C14H9F17O3SZr. The molecule has 0 aromatic rings. The molecule has 212 valence electrons. The summed E-state index contributed by atoms with van der Waals surface area (Å²) in [4.78, 5) is 0. The fraction of sp³-hybridized carbons (Fsp3) is 0.714. The molecule has 1 rings (SSSR count). The number of halogens is 17. The first kappa shape index (κ1) is 35.1. The molecule has 36 heavy (non-hydrogen) atoms. The van der Waals surface area contributed by atoms with Crippen LogP contribution in [0.15, 0.2) is 21.5 Å². The summed E-state index contributed by atoms with van der Waals surface area (Å²) in [5.41, 5.74) is 0. The maximum absolute atomic E-state index is 13.0. The first-order valence-corrected chi connectivity index (χ1v) is 13.3. The van der Waals surface area contributed by atoms with Crippen molar-refractivity contribution in [2.75, 3.05) is 0 Å². The van der Waals surface area contributed by atoms with E-state index in [1.807, 2.05) is 0 Å². The molecule has 1 aliphatic carbocycles. The third-order valence-corrected chi connectivity index (χ3v) is 7.50. The average Bonchev–Trinajstić information content (AvgIpc) is 3.19. The zero-order valence-corrected chi connectivity index (χ0v) is 19.8. The van der Waals surface area contributed by atoms with E-state index >= 15 is 0 Å². The minimum atomic E-state index is -8.89. The van der Waals surface area contributed by atoms with Crippen LogP contribution in [0.2, 0.25) is 4.63 Å². The van der Waals surface area contributed by atoms with E-state index < -0.39 is 57.1 Å². The van der Waals surface area contributed by atoms with Gasteiger partial charge in [0.05, 0.1) is 0 Å². The van der Waals surface area contributed by atoms with Gasteiger partial charge in [0.1, 0.15) is 0 Å². The molecule has 0 amide bonds. The number of rotatable bonds is 8. The maximum atomic E-state index is 13.0. The summed E-state index contributed by atoms with van der Waals surface area (Å²) in [6.07, 6.45) is 0.0559. The van der Waals surface area contributed by atoms with Crippen LogP contribution in [0.5, 0.6) is 0 Å². The summed E-state index contributed by atoms with van der Waals surface area (Å²) in [7, 11) is -7.89. The van der Waals surface area contributed by atoms with E-state index in [-0.39, 0.29) is 23.2 Å². The van der Waals surface area contributed by atoms with Crippen LogP contribution >= 0.6 is 0 Å². The quantitative estimate of drug-likeness (QED) is 0.228. The van der Waals surface area contributed by atoms with Crippen molar-refractivity contribution in [3.63, 3.8) is 0 Å². The third-order valence-electron chi connectivity index (χ3n) is 4.11. The average molecular weight is 671 g/mol.